The van der Waals surface area contributed by atoms with Crippen LogP contribution in [0.15, 0.2) is 18.3 Å². The molecule has 1 N–H and O–H groups in total. The molecule has 2 unspecified atom stereocenters. The third-order valence-electron chi connectivity index (χ3n) is 3.09. The van der Waals surface area contributed by atoms with Crippen molar-refractivity contribution in [3.05, 3.63) is 29.0 Å². The summed E-state index contributed by atoms with van der Waals surface area (Å²) in [7, 11) is 1.50. The van der Waals surface area contributed by atoms with Crippen LogP contribution in [-0.4, -0.2) is 52.7 Å². The van der Waals surface area contributed by atoms with Gasteiger partial charge in [0.15, 0.2) is 0 Å². The van der Waals surface area contributed by atoms with Crippen molar-refractivity contribution in [2.24, 2.45) is 0 Å². The molecule has 0 spiro atoms. The van der Waals surface area contributed by atoms with E-state index in [0.717, 1.165) is 0 Å². The number of carboxylic acids is 1. The van der Waals surface area contributed by atoms with Gasteiger partial charge in [0.25, 0.3) is 5.91 Å². The molecule has 102 valence electrons. The highest BCUT2D eigenvalue weighted by molar-refractivity contribution is 6.30. The lowest BCUT2D eigenvalue weighted by Gasteiger charge is -2.20. The zero-order valence-corrected chi connectivity index (χ0v) is 11.0. The van der Waals surface area contributed by atoms with E-state index in [1.807, 2.05) is 0 Å². The van der Waals surface area contributed by atoms with Gasteiger partial charge in [-0.3, -0.25) is 4.79 Å². The molecule has 1 aromatic heterocycles. The Balaban J connectivity index is 2.21. The van der Waals surface area contributed by atoms with Gasteiger partial charge in [-0.2, -0.15) is 0 Å². The van der Waals surface area contributed by atoms with Crippen molar-refractivity contribution >= 4 is 23.5 Å². The second-order valence-electron chi connectivity index (χ2n) is 4.27. The number of rotatable bonds is 3. The lowest BCUT2D eigenvalue weighted by Crippen LogP contribution is -2.40. The van der Waals surface area contributed by atoms with Crippen LogP contribution in [0, 0.1) is 0 Å². The molecular weight excluding hydrogens is 272 g/mol. The summed E-state index contributed by atoms with van der Waals surface area (Å²) in [5, 5.41) is 9.56. The maximum Gasteiger partial charge on any atom is 0.326 e. The summed E-state index contributed by atoms with van der Waals surface area (Å²) in [4.78, 5) is 28.6. The van der Waals surface area contributed by atoms with Gasteiger partial charge in [-0.15, -0.1) is 0 Å². The quantitative estimate of drug-likeness (QED) is 0.897. The third-order valence-corrected chi connectivity index (χ3v) is 3.31. The van der Waals surface area contributed by atoms with Gasteiger partial charge in [-0.05, 0) is 12.1 Å². The number of halogens is 1. The number of likely N-dealkylation sites (tertiary alicyclic amines) is 1. The maximum atomic E-state index is 12.2. The fraction of sp³-hybridized carbons (Fsp3) is 0.417. The molecule has 0 aromatic carbocycles. The molecule has 7 heteroatoms. The highest BCUT2D eigenvalue weighted by atomic mass is 35.5. The summed E-state index contributed by atoms with van der Waals surface area (Å²) in [6.07, 6.45) is 1.37. The van der Waals surface area contributed by atoms with E-state index in [2.05, 4.69) is 4.98 Å². The third kappa shape index (κ3) is 2.85. The van der Waals surface area contributed by atoms with E-state index < -0.39 is 17.9 Å². The van der Waals surface area contributed by atoms with Gasteiger partial charge in [-0.25, -0.2) is 9.78 Å². The number of hydrogen-bond donors (Lipinski definition) is 1. The summed E-state index contributed by atoms with van der Waals surface area (Å²) < 4.78 is 5.13. The molecule has 1 amide bonds. The van der Waals surface area contributed by atoms with Gasteiger partial charge in [-0.1, -0.05) is 11.6 Å². The number of nitrogens with zero attached hydrogens (tertiary/aromatic N) is 2. The Morgan fingerprint density at radius 3 is 2.79 bits per heavy atom. The van der Waals surface area contributed by atoms with E-state index in [9.17, 15) is 9.59 Å². The number of aromatic nitrogens is 1. The van der Waals surface area contributed by atoms with Gasteiger partial charge in [0.2, 0.25) is 0 Å². The molecule has 1 fully saturated rings. The van der Waals surface area contributed by atoms with E-state index in [-0.39, 0.29) is 24.8 Å². The van der Waals surface area contributed by atoms with Gasteiger partial charge in [0.1, 0.15) is 11.7 Å². The Kier molecular flexibility index (Phi) is 4.01. The Hall–Kier alpha value is -1.66. The first-order chi connectivity index (χ1) is 9.02. The van der Waals surface area contributed by atoms with Crippen molar-refractivity contribution in [3.8, 4) is 0 Å². The van der Waals surface area contributed by atoms with Gasteiger partial charge >= 0.3 is 5.97 Å². The highest BCUT2D eigenvalue weighted by Gasteiger charge is 2.40. The fourth-order valence-electron chi connectivity index (χ4n) is 2.08. The molecule has 2 atom stereocenters. The van der Waals surface area contributed by atoms with Crippen molar-refractivity contribution < 1.29 is 19.4 Å². The molecule has 0 radical (unpaired) electrons. The Labute approximate surface area is 114 Å². The summed E-state index contributed by atoms with van der Waals surface area (Å²) in [5.41, 5.74) is 0.174. The highest BCUT2D eigenvalue weighted by Crippen LogP contribution is 2.22. The SMILES string of the molecule is COC1CC(C(=O)O)N(C(=O)c2ccc(Cl)cn2)C1. The first-order valence-electron chi connectivity index (χ1n) is 5.71. The molecule has 0 aliphatic carbocycles. The average Bonchev–Trinajstić information content (AvgIpc) is 2.83. The maximum absolute atomic E-state index is 12.2. The minimum atomic E-state index is -1.04. The zero-order chi connectivity index (χ0) is 14.0. The van der Waals surface area contributed by atoms with Crippen molar-refractivity contribution in [1.29, 1.82) is 0 Å². The second-order valence-corrected chi connectivity index (χ2v) is 4.70. The molecule has 1 aliphatic rings. The molecule has 2 rings (SSSR count). The van der Waals surface area contributed by atoms with E-state index in [1.54, 1.807) is 6.07 Å². The number of aliphatic carboxylic acids is 1. The van der Waals surface area contributed by atoms with Crippen LogP contribution in [0.25, 0.3) is 0 Å². The molecule has 0 saturated carbocycles. The predicted molar refractivity (Wildman–Crippen MR) is 67.1 cm³/mol. The molecule has 2 heterocycles. The lowest BCUT2D eigenvalue weighted by atomic mass is 10.2. The van der Waals surface area contributed by atoms with E-state index in [0.29, 0.717) is 5.02 Å². The number of carboxylic acid groups (broad SMARTS) is 1. The van der Waals surface area contributed by atoms with Crippen LogP contribution in [0.3, 0.4) is 0 Å². The first kappa shape index (κ1) is 13.8. The summed E-state index contributed by atoms with van der Waals surface area (Å²) >= 11 is 5.70. The average molecular weight is 285 g/mol. The van der Waals surface area contributed by atoms with Crippen LogP contribution in [0.4, 0.5) is 0 Å². The van der Waals surface area contributed by atoms with E-state index >= 15 is 0 Å². The Bertz CT molecular complexity index is 491. The van der Waals surface area contributed by atoms with Crippen LogP contribution < -0.4 is 0 Å². The van der Waals surface area contributed by atoms with Crippen molar-refractivity contribution in [2.45, 2.75) is 18.6 Å². The minimum absolute atomic E-state index is 0.174. The molecule has 0 bridgehead atoms. The van der Waals surface area contributed by atoms with E-state index in [4.69, 9.17) is 21.4 Å². The van der Waals surface area contributed by atoms with Gasteiger partial charge in [0.05, 0.1) is 11.1 Å². The predicted octanol–water partition coefficient (Wildman–Crippen LogP) is 1.05. The van der Waals surface area contributed by atoms with Gasteiger partial charge in [0, 0.05) is 26.3 Å². The molecule has 19 heavy (non-hydrogen) atoms. The smallest absolute Gasteiger partial charge is 0.326 e. The Morgan fingerprint density at radius 2 is 2.26 bits per heavy atom. The van der Waals surface area contributed by atoms with Crippen LogP contribution in [0.1, 0.15) is 16.9 Å². The molecule has 6 nitrogen and oxygen atoms in total. The zero-order valence-electron chi connectivity index (χ0n) is 10.2. The van der Waals surface area contributed by atoms with Crippen LogP contribution in [0.2, 0.25) is 5.02 Å². The monoisotopic (exact) mass is 284 g/mol. The van der Waals surface area contributed by atoms with Gasteiger partial charge < -0.3 is 14.7 Å². The largest absolute Gasteiger partial charge is 0.480 e. The second kappa shape index (κ2) is 5.54. The minimum Gasteiger partial charge on any atom is -0.480 e. The van der Waals surface area contributed by atoms with Crippen molar-refractivity contribution in [1.82, 2.24) is 9.88 Å². The number of ether oxygens (including phenoxy) is 1. The standard InChI is InChI=1S/C12H13ClN2O4/c1-19-8-4-10(12(17)18)15(6-8)11(16)9-3-2-7(13)5-14-9/h2-3,5,8,10H,4,6H2,1H3,(H,17,18). The summed E-state index contributed by atoms with van der Waals surface area (Å²) in [6, 6.07) is 2.14. The number of carbonyl (C=O) groups excluding carboxylic acids is 1. The first-order valence-corrected chi connectivity index (χ1v) is 6.09. The molecule has 1 aliphatic heterocycles. The van der Waals surface area contributed by atoms with Crippen LogP contribution in [-0.2, 0) is 9.53 Å². The normalized spacial score (nSPS) is 22.5. The number of carbonyl (C=O) groups is 2. The number of methoxy groups -OCH3 is 1. The van der Waals surface area contributed by atoms with Crippen molar-refractivity contribution in [3.63, 3.8) is 0 Å². The van der Waals surface area contributed by atoms with E-state index in [1.165, 1.54) is 24.3 Å². The summed E-state index contributed by atoms with van der Waals surface area (Å²) in [6.45, 7) is 0.247. The molecule has 1 aromatic rings. The number of pyridine rings is 1. The molecular formula is C12H13ClN2O4. The number of amides is 1. The fourth-order valence-corrected chi connectivity index (χ4v) is 2.19. The van der Waals surface area contributed by atoms with Crippen LogP contribution in [0.5, 0.6) is 0 Å². The topological polar surface area (TPSA) is 79.7 Å². The summed E-state index contributed by atoms with van der Waals surface area (Å²) in [5.74, 6) is -1.47. The number of hydrogen-bond acceptors (Lipinski definition) is 4. The van der Waals surface area contributed by atoms with Crippen molar-refractivity contribution in [2.75, 3.05) is 13.7 Å². The Morgan fingerprint density at radius 1 is 1.53 bits per heavy atom. The lowest BCUT2D eigenvalue weighted by molar-refractivity contribution is -0.141. The molecule has 1 saturated heterocycles. The van der Waals surface area contributed by atoms with Crippen LogP contribution >= 0.6 is 11.6 Å².